The van der Waals surface area contributed by atoms with Crippen molar-refractivity contribution in [3.05, 3.63) is 41.1 Å². The third-order valence-corrected chi connectivity index (χ3v) is 3.57. The van der Waals surface area contributed by atoms with Gasteiger partial charge in [-0.15, -0.1) is 0 Å². The molecule has 1 aromatic carbocycles. The fourth-order valence-electron chi connectivity index (χ4n) is 2.20. The van der Waals surface area contributed by atoms with Crippen LogP contribution in [0, 0.1) is 6.92 Å². The van der Waals surface area contributed by atoms with Crippen LogP contribution in [0.25, 0.3) is 0 Å². The van der Waals surface area contributed by atoms with Crippen molar-refractivity contribution in [1.82, 2.24) is 9.97 Å². The molecular weight excluding hydrogens is 378 g/mol. The van der Waals surface area contributed by atoms with Gasteiger partial charge in [-0.3, -0.25) is 0 Å². The number of aliphatic hydroxyl groups is 1. The van der Waals surface area contributed by atoms with Gasteiger partial charge < -0.3 is 15.7 Å². The Bertz CT molecular complexity index is 806. The van der Waals surface area contributed by atoms with E-state index in [9.17, 15) is 26.3 Å². The van der Waals surface area contributed by atoms with Gasteiger partial charge in [0.1, 0.15) is 5.82 Å². The predicted octanol–water partition coefficient (Wildman–Crippen LogP) is 4.36. The van der Waals surface area contributed by atoms with Crippen LogP contribution in [0.15, 0.2) is 24.3 Å². The van der Waals surface area contributed by atoms with Gasteiger partial charge in [-0.05, 0) is 31.5 Å². The zero-order valence-corrected chi connectivity index (χ0v) is 14.2. The molecule has 3 N–H and O–H groups in total. The molecule has 0 fully saturated rings. The summed E-state index contributed by atoms with van der Waals surface area (Å²) in [7, 11) is 0. The van der Waals surface area contributed by atoms with Crippen molar-refractivity contribution in [1.29, 1.82) is 0 Å². The number of halogens is 6. The van der Waals surface area contributed by atoms with Crippen LogP contribution >= 0.6 is 0 Å². The van der Waals surface area contributed by atoms with E-state index in [4.69, 9.17) is 5.11 Å². The van der Waals surface area contributed by atoms with Gasteiger partial charge in [0.2, 0.25) is 5.95 Å². The molecule has 1 atom stereocenters. The Balaban J connectivity index is 2.45. The molecule has 1 aromatic heterocycles. The van der Waals surface area contributed by atoms with Crippen LogP contribution in [-0.4, -0.2) is 27.7 Å². The molecule has 1 heterocycles. The zero-order chi connectivity index (χ0) is 20.4. The molecule has 0 aliphatic heterocycles. The van der Waals surface area contributed by atoms with E-state index in [0.29, 0.717) is 6.07 Å². The molecule has 5 nitrogen and oxygen atoms in total. The predicted molar refractivity (Wildman–Crippen MR) is 86.7 cm³/mol. The summed E-state index contributed by atoms with van der Waals surface area (Å²) in [5.74, 6) is -0.758. The molecule has 2 rings (SSSR count). The maximum atomic E-state index is 13.1. The molecule has 0 spiro atoms. The summed E-state index contributed by atoms with van der Waals surface area (Å²) in [4.78, 5) is 7.17. The maximum Gasteiger partial charge on any atom is 0.433 e. The zero-order valence-electron chi connectivity index (χ0n) is 14.2. The Morgan fingerprint density at radius 3 is 2.30 bits per heavy atom. The van der Waals surface area contributed by atoms with Gasteiger partial charge in [0.15, 0.2) is 5.69 Å². The normalized spacial score (nSPS) is 13.4. The lowest BCUT2D eigenvalue weighted by Gasteiger charge is -2.17. The average Bonchev–Trinajstić information content (AvgIpc) is 2.54. The number of anilines is 3. The Hall–Kier alpha value is -2.56. The number of hydrogen-bond acceptors (Lipinski definition) is 5. The number of hydrogen-bond donors (Lipinski definition) is 3. The van der Waals surface area contributed by atoms with E-state index in [0.717, 1.165) is 12.1 Å². The van der Waals surface area contributed by atoms with Gasteiger partial charge in [-0.25, -0.2) is 4.98 Å². The standard InChI is InChI=1S/C16H16F6N4O/c1-8(7-27)23-14-25-12(16(20,21)22)6-13(26-14)24-11-5-3-4-10(9(11)2)15(17,18)19/h3-6,8,27H,7H2,1-2H3,(H2,23,24,25,26)/t8-/m1/s1. The molecule has 0 aliphatic carbocycles. The third-order valence-electron chi connectivity index (χ3n) is 3.57. The maximum absolute atomic E-state index is 13.1. The highest BCUT2D eigenvalue weighted by atomic mass is 19.4. The van der Waals surface area contributed by atoms with Crippen molar-refractivity contribution in [3.8, 4) is 0 Å². The smallest absolute Gasteiger partial charge is 0.394 e. The van der Waals surface area contributed by atoms with Gasteiger partial charge in [-0.1, -0.05) is 6.07 Å². The molecule has 27 heavy (non-hydrogen) atoms. The minimum atomic E-state index is -4.79. The monoisotopic (exact) mass is 394 g/mol. The van der Waals surface area contributed by atoms with Crippen LogP contribution in [0.5, 0.6) is 0 Å². The minimum absolute atomic E-state index is 0.0437. The highest BCUT2D eigenvalue weighted by Crippen LogP contribution is 2.36. The van der Waals surface area contributed by atoms with E-state index in [2.05, 4.69) is 20.6 Å². The topological polar surface area (TPSA) is 70.1 Å². The summed E-state index contributed by atoms with van der Waals surface area (Å²) < 4.78 is 78.2. The van der Waals surface area contributed by atoms with E-state index in [1.165, 1.54) is 19.9 Å². The highest BCUT2D eigenvalue weighted by Gasteiger charge is 2.35. The van der Waals surface area contributed by atoms with Crippen LogP contribution in [0.1, 0.15) is 23.7 Å². The Labute approximate surface area is 150 Å². The number of nitrogens with one attached hydrogen (secondary N) is 2. The third kappa shape index (κ3) is 5.22. The largest absolute Gasteiger partial charge is 0.433 e. The molecule has 0 saturated heterocycles. The van der Waals surface area contributed by atoms with E-state index >= 15 is 0 Å². The van der Waals surface area contributed by atoms with Crippen LogP contribution in [0.4, 0.5) is 43.8 Å². The van der Waals surface area contributed by atoms with Crippen molar-refractivity contribution in [2.24, 2.45) is 0 Å². The second kappa shape index (κ2) is 7.59. The first kappa shape index (κ1) is 20.7. The van der Waals surface area contributed by atoms with E-state index in [1.54, 1.807) is 0 Å². The first-order chi connectivity index (χ1) is 12.4. The molecular formula is C16H16F6N4O. The fraction of sp³-hybridized carbons (Fsp3) is 0.375. The van der Waals surface area contributed by atoms with Gasteiger partial charge in [0, 0.05) is 17.8 Å². The molecule has 148 valence electrons. The Kier molecular flexibility index (Phi) is 5.83. The lowest BCUT2D eigenvalue weighted by molar-refractivity contribution is -0.141. The lowest BCUT2D eigenvalue weighted by Crippen LogP contribution is -2.22. The van der Waals surface area contributed by atoms with Crippen LogP contribution in [-0.2, 0) is 12.4 Å². The van der Waals surface area contributed by atoms with Crippen LogP contribution < -0.4 is 10.6 Å². The summed E-state index contributed by atoms with van der Waals surface area (Å²) >= 11 is 0. The van der Waals surface area contributed by atoms with Gasteiger partial charge in [0.05, 0.1) is 12.2 Å². The average molecular weight is 394 g/mol. The molecule has 11 heteroatoms. The van der Waals surface area contributed by atoms with E-state index in [1.807, 2.05) is 0 Å². The number of aliphatic hydroxyl groups excluding tert-OH is 1. The van der Waals surface area contributed by atoms with Gasteiger partial charge in [0.25, 0.3) is 0 Å². The molecule has 0 aliphatic rings. The first-order valence-electron chi connectivity index (χ1n) is 7.69. The number of benzene rings is 1. The highest BCUT2D eigenvalue weighted by molar-refractivity contribution is 5.63. The van der Waals surface area contributed by atoms with Gasteiger partial charge in [-0.2, -0.15) is 31.3 Å². The Morgan fingerprint density at radius 1 is 1.07 bits per heavy atom. The van der Waals surface area contributed by atoms with Crippen LogP contribution in [0.3, 0.4) is 0 Å². The SMILES string of the molecule is Cc1c(Nc2cc(C(F)(F)F)nc(N[C@H](C)CO)n2)cccc1C(F)(F)F. The fourth-order valence-corrected chi connectivity index (χ4v) is 2.20. The molecule has 0 saturated carbocycles. The Morgan fingerprint density at radius 2 is 1.74 bits per heavy atom. The molecule has 0 bridgehead atoms. The molecule has 2 aromatic rings. The number of aromatic nitrogens is 2. The van der Waals surface area contributed by atoms with E-state index < -0.39 is 35.6 Å². The quantitative estimate of drug-likeness (QED) is 0.658. The van der Waals surface area contributed by atoms with Crippen LogP contribution in [0.2, 0.25) is 0 Å². The second-order valence-electron chi connectivity index (χ2n) is 5.79. The molecule has 0 radical (unpaired) electrons. The van der Waals surface area contributed by atoms with Crippen molar-refractivity contribution in [3.63, 3.8) is 0 Å². The first-order valence-corrected chi connectivity index (χ1v) is 7.69. The lowest BCUT2D eigenvalue weighted by atomic mass is 10.1. The van der Waals surface area contributed by atoms with Crippen molar-refractivity contribution >= 4 is 17.5 Å². The summed E-state index contributed by atoms with van der Waals surface area (Å²) in [5, 5.41) is 14.0. The van der Waals surface area contributed by atoms with Gasteiger partial charge >= 0.3 is 12.4 Å². The number of nitrogens with zero attached hydrogens (tertiary/aromatic N) is 2. The summed E-state index contributed by atoms with van der Waals surface area (Å²) in [6.45, 7) is 2.31. The summed E-state index contributed by atoms with van der Waals surface area (Å²) in [5.41, 5.74) is -2.42. The van der Waals surface area contributed by atoms with E-state index in [-0.39, 0.29) is 23.7 Å². The summed E-state index contributed by atoms with van der Waals surface area (Å²) in [6.07, 6.45) is -9.39. The molecule has 0 unspecified atom stereocenters. The number of rotatable bonds is 5. The minimum Gasteiger partial charge on any atom is -0.394 e. The second-order valence-corrected chi connectivity index (χ2v) is 5.79. The summed E-state index contributed by atoms with van der Waals surface area (Å²) in [6, 6.07) is 3.27. The van der Waals surface area contributed by atoms with Crippen molar-refractivity contribution < 1.29 is 31.4 Å². The number of alkyl halides is 6. The molecule has 0 amide bonds. The van der Waals surface area contributed by atoms with Crippen molar-refractivity contribution in [2.45, 2.75) is 32.2 Å². The van der Waals surface area contributed by atoms with Crippen molar-refractivity contribution in [2.75, 3.05) is 17.2 Å².